The molecule has 3 aromatic rings. The first-order valence-corrected chi connectivity index (χ1v) is 6.87. The fraction of sp³-hybridized carbons (Fsp3) is 0.0588. The summed E-state index contributed by atoms with van der Waals surface area (Å²) in [6.45, 7) is 0.175. The molecule has 0 saturated carbocycles. The number of halogens is 1. The Labute approximate surface area is 127 Å². The average molecular weight is 298 g/mol. The van der Waals surface area contributed by atoms with Crippen LogP contribution in [0.25, 0.3) is 10.9 Å². The van der Waals surface area contributed by atoms with Crippen LogP contribution in [-0.4, -0.2) is 11.0 Å². The fourth-order valence-electron chi connectivity index (χ4n) is 2.03. The predicted molar refractivity (Wildman–Crippen MR) is 82.3 cm³/mol. The molecule has 0 amide bonds. The summed E-state index contributed by atoms with van der Waals surface area (Å²) in [7, 11) is 0. The summed E-state index contributed by atoms with van der Waals surface area (Å²) < 4.78 is 5.26. The van der Waals surface area contributed by atoms with Crippen LogP contribution in [-0.2, 0) is 11.3 Å². The highest BCUT2D eigenvalue weighted by molar-refractivity contribution is 6.30. The molecule has 3 nitrogen and oxygen atoms in total. The molecule has 0 aliphatic rings. The Morgan fingerprint density at radius 3 is 2.76 bits per heavy atom. The minimum Gasteiger partial charge on any atom is -0.456 e. The topological polar surface area (TPSA) is 39.2 Å². The van der Waals surface area contributed by atoms with Gasteiger partial charge in [-0.1, -0.05) is 48.0 Å². The highest BCUT2D eigenvalue weighted by Gasteiger charge is 2.10. The molecule has 104 valence electrons. The molecule has 3 rings (SSSR count). The Kier molecular flexibility index (Phi) is 3.84. The van der Waals surface area contributed by atoms with Crippen molar-refractivity contribution in [3.63, 3.8) is 0 Å². The second-order valence-electron chi connectivity index (χ2n) is 4.60. The van der Waals surface area contributed by atoms with Crippen molar-refractivity contribution in [2.45, 2.75) is 6.61 Å². The highest BCUT2D eigenvalue weighted by atomic mass is 35.5. The molecule has 2 aromatic carbocycles. The van der Waals surface area contributed by atoms with E-state index in [4.69, 9.17) is 16.3 Å². The van der Waals surface area contributed by atoms with Crippen molar-refractivity contribution < 1.29 is 9.53 Å². The van der Waals surface area contributed by atoms with E-state index in [0.717, 1.165) is 16.5 Å². The third kappa shape index (κ3) is 3.20. The molecule has 4 heteroatoms. The molecule has 0 fully saturated rings. The Morgan fingerprint density at radius 1 is 1.05 bits per heavy atom. The molecule has 0 N–H and O–H groups in total. The van der Waals surface area contributed by atoms with Crippen LogP contribution in [0.5, 0.6) is 0 Å². The van der Waals surface area contributed by atoms with E-state index in [1.165, 1.54) is 0 Å². The average Bonchev–Trinajstić information content (AvgIpc) is 2.52. The maximum atomic E-state index is 12.0. The van der Waals surface area contributed by atoms with Crippen LogP contribution in [0.4, 0.5) is 0 Å². The van der Waals surface area contributed by atoms with Gasteiger partial charge in [-0.05, 0) is 29.8 Å². The number of pyridine rings is 1. The number of fused-ring (bicyclic) bond motifs is 1. The maximum absolute atomic E-state index is 12.0. The number of hydrogen-bond donors (Lipinski definition) is 0. The van der Waals surface area contributed by atoms with Gasteiger partial charge in [-0.25, -0.2) is 9.78 Å². The van der Waals surface area contributed by atoms with Gasteiger partial charge in [0.05, 0.1) is 5.52 Å². The van der Waals surface area contributed by atoms with Crippen LogP contribution in [0, 0.1) is 0 Å². The summed E-state index contributed by atoms with van der Waals surface area (Å²) in [5.74, 6) is -0.444. The summed E-state index contributed by atoms with van der Waals surface area (Å²) in [4.78, 5) is 16.3. The third-order valence-electron chi connectivity index (χ3n) is 3.07. The molecule has 0 saturated heterocycles. The number of hydrogen-bond acceptors (Lipinski definition) is 3. The van der Waals surface area contributed by atoms with Gasteiger partial charge in [0.2, 0.25) is 0 Å². The standard InChI is InChI=1S/C17H12ClNO2/c18-14-6-3-4-12(10-14)11-21-17(20)16-9-8-13-5-1-2-7-15(13)19-16/h1-10H,11H2. The first-order valence-electron chi connectivity index (χ1n) is 6.50. The van der Waals surface area contributed by atoms with Gasteiger partial charge in [0.25, 0.3) is 0 Å². The van der Waals surface area contributed by atoms with Crippen molar-refractivity contribution in [1.82, 2.24) is 4.98 Å². The number of benzene rings is 2. The molecule has 21 heavy (non-hydrogen) atoms. The molecular formula is C17H12ClNO2. The van der Waals surface area contributed by atoms with Gasteiger partial charge in [-0.2, -0.15) is 0 Å². The summed E-state index contributed by atoms with van der Waals surface area (Å²) in [5.41, 5.74) is 1.92. The van der Waals surface area contributed by atoms with Crippen molar-refractivity contribution in [3.05, 3.63) is 76.9 Å². The summed E-state index contributed by atoms with van der Waals surface area (Å²) in [5, 5.41) is 1.61. The van der Waals surface area contributed by atoms with E-state index in [-0.39, 0.29) is 6.61 Å². The Hall–Kier alpha value is -2.39. The van der Waals surface area contributed by atoms with Crippen molar-refractivity contribution in [3.8, 4) is 0 Å². The number of ether oxygens (including phenoxy) is 1. The molecular weight excluding hydrogens is 286 g/mol. The summed E-state index contributed by atoms with van der Waals surface area (Å²) in [6, 6.07) is 18.4. The third-order valence-corrected chi connectivity index (χ3v) is 3.30. The summed E-state index contributed by atoms with van der Waals surface area (Å²) in [6.07, 6.45) is 0. The van der Waals surface area contributed by atoms with Crippen LogP contribution in [0.1, 0.15) is 16.1 Å². The maximum Gasteiger partial charge on any atom is 0.357 e. The molecule has 0 bridgehead atoms. The van der Waals surface area contributed by atoms with Crippen LogP contribution in [0.15, 0.2) is 60.7 Å². The zero-order chi connectivity index (χ0) is 14.7. The number of para-hydroxylation sites is 1. The minimum absolute atomic E-state index is 0.175. The molecule has 0 aliphatic heterocycles. The lowest BCUT2D eigenvalue weighted by atomic mass is 10.2. The Balaban J connectivity index is 1.74. The molecule has 0 unspecified atom stereocenters. The van der Waals surface area contributed by atoms with E-state index >= 15 is 0 Å². The van der Waals surface area contributed by atoms with E-state index in [1.807, 2.05) is 42.5 Å². The number of aromatic nitrogens is 1. The van der Waals surface area contributed by atoms with Crippen molar-refractivity contribution >= 4 is 28.5 Å². The fourth-order valence-corrected chi connectivity index (χ4v) is 2.24. The lowest BCUT2D eigenvalue weighted by Gasteiger charge is -2.05. The molecule has 0 spiro atoms. The number of carbonyl (C=O) groups is 1. The first-order chi connectivity index (χ1) is 10.2. The largest absolute Gasteiger partial charge is 0.456 e. The molecule has 1 heterocycles. The van der Waals surface area contributed by atoms with E-state index in [1.54, 1.807) is 18.2 Å². The number of nitrogens with zero attached hydrogens (tertiary/aromatic N) is 1. The van der Waals surface area contributed by atoms with E-state index in [9.17, 15) is 4.79 Å². The van der Waals surface area contributed by atoms with E-state index < -0.39 is 5.97 Å². The van der Waals surface area contributed by atoms with Gasteiger partial charge in [0.1, 0.15) is 12.3 Å². The van der Waals surface area contributed by atoms with Gasteiger partial charge < -0.3 is 4.74 Å². The quantitative estimate of drug-likeness (QED) is 0.679. The van der Waals surface area contributed by atoms with Gasteiger partial charge in [-0.3, -0.25) is 0 Å². The minimum atomic E-state index is -0.444. The van der Waals surface area contributed by atoms with Crippen molar-refractivity contribution in [2.75, 3.05) is 0 Å². The Morgan fingerprint density at radius 2 is 1.90 bits per heavy atom. The van der Waals surface area contributed by atoms with Crippen LogP contribution in [0.3, 0.4) is 0 Å². The van der Waals surface area contributed by atoms with Gasteiger partial charge in [-0.15, -0.1) is 0 Å². The number of carbonyl (C=O) groups excluding carboxylic acids is 1. The lowest BCUT2D eigenvalue weighted by molar-refractivity contribution is 0.0466. The number of rotatable bonds is 3. The normalized spacial score (nSPS) is 10.5. The molecule has 1 aromatic heterocycles. The van der Waals surface area contributed by atoms with Crippen molar-refractivity contribution in [2.24, 2.45) is 0 Å². The monoisotopic (exact) mass is 297 g/mol. The van der Waals surface area contributed by atoms with Crippen molar-refractivity contribution in [1.29, 1.82) is 0 Å². The zero-order valence-corrected chi connectivity index (χ0v) is 11.9. The van der Waals surface area contributed by atoms with Crippen LogP contribution < -0.4 is 0 Å². The SMILES string of the molecule is O=C(OCc1cccc(Cl)c1)c1ccc2ccccc2n1. The molecule has 0 aliphatic carbocycles. The van der Waals surface area contributed by atoms with Gasteiger partial charge in [0.15, 0.2) is 0 Å². The smallest absolute Gasteiger partial charge is 0.357 e. The number of esters is 1. The predicted octanol–water partition coefficient (Wildman–Crippen LogP) is 4.25. The summed E-state index contributed by atoms with van der Waals surface area (Å²) >= 11 is 5.89. The van der Waals surface area contributed by atoms with E-state index in [0.29, 0.717) is 10.7 Å². The second-order valence-corrected chi connectivity index (χ2v) is 5.03. The highest BCUT2D eigenvalue weighted by Crippen LogP contribution is 2.14. The first kappa shape index (κ1) is 13.6. The zero-order valence-electron chi connectivity index (χ0n) is 11.1. The molecule has 0 atom stereocenters. The van der Waals surface area contributed by atoms with Crippen LogP contribution >= 0.6 is 11.6 Å². The van der Waals surface area contributed by atoms with E-state index in [2.05, 4.69) is 4.98 Å². The lowest BCUT2D eigenvalue weighted by Crippen LogP contribution is -2.07. The second kappa shape index (κ2) is 5.94. The molecule has 0 radical (unpaired) electrons. The Bertz CT molecular complexity index is 801. The van der Waals surface area contributed by atoms with Gasteiger partial charge in [0, 0.05) is 10.4 Å². The van der Waals surface area contributed by atoms with Gasteiger partial charge >= 0.3 is 5.97 Å². The van der Waals surface area contributed by atoms with Crippen LogP contribution in [0.2, 0.25) is 5.02 Å².